The molecule has 0 aromatic heterocycles. The molecule has 0 fully saturated rings. The van der Waals surface area contributed by atoms with Crippen molar-refractivity contribution < 1.29 is 0 Å². The van der Waals surface area contributed by atoms with Crippen molar-refractivity contribution in [2.24, 2.45) is 0 Å². The van der Waals surface area contributed by atoms with Gasteiger partial charge in [-0.05, 0) is 47.5 Å². The molecular formula is C15H13B. The lowest BCUT2D eigenvalue weighted by Crippen LogP contribution is -1.97. The molecule has 3 rings (SSSR count). The molecule has 1 unspecified atom stereocenters. The normalized spacial score (nSPS) is 17.0. The molecule has 2 radical (unpaired) electrons. The van der Waals surface area contributed by atoms with Gasteiger partial charge in [0.1, 0.15) is 0 Å². The maximum atomic E-state index is 6.33. The van der Waals surface area contributed by atoms with E-state index in [1.165, 1.54) is 33.4 Å². The summed E-state index contributed by atoms with van der Waals surface area (Å²) in [5.74, 6) is 0.0473. The molecule has 76 valence electrons. The molecule has 1 heteroatoms. The molecule has 0 bridgehead atoms. The SMILES string of the molecule is [B]C1c2cc(C)ccc2-c2cccc(C)c21. The molecular weight excluding hydrogens is 191 g/mol. The fourth-order valence-corrected chi connectivity index (χ4v) is 2.67. The zero-order valence-electron chi connectivity index (χ0n) is 9.62. The summed E-state index contributed by atoms with van der Waals surface area (Å²) >= 11 is 0. The summed E-state index contributed by atoms with van der Waals surface area (Å²) in [6.07, 6.45) is 0. The van der Waals surface area contributed by atoms with Gasteiger partial charge in [0, 0.05) is 0 Å². The fraction of sp³-hybridized carbons (Fsp3) is 0.200. The molecule has 0 nitrogen and oxygen atoms in total. The van der Waals surface area contributed by atoms with Crippen molar-refractivity contribution in [3.8, 4) is 11.1 Å². The lowest BCUT2D eigenvalue weighted by Gasteiger charge is -2.09. The smallest absolute Gasteiger partial charge is 0.0614 e. The minimum atomic E-state index is 0.0473. The summed E-state index contributed by atoms with van der Waals surface area (Å²) in [7, 11) is 6.33. The van der Waals surface area contributed by atoms with Crippen LogP contribution in [0.1, 0.15) is 28.1 Å². The van der Waals surface area contributed by atoms with Gasteiger partial charge in [0.15, 0.2) is 0 Å². The zero-order chi connectivity index (χ0) is 11.3. The Balaban J connectivity index is 2.34. The van der Waals surface area contributed by atoms with Crippen molar-refractivity contribution in [1.82, 2.24) is 0 Å². The monoisotopic (exact) mass is 204 g/mol. The van der Waals surface area contributed by atoms with Crippen LogP contribution in [0.25, 0.3) is 11.1 Å². The maximum Gasteiger partial charge on any atom is 0.0828 e. The number of aryl methyl sites for hydroxylation is 2. The van der Waals surface area contributed by atoms with Crippen LogP contribution >= 0.6 is 0 Å². The number of benzene rings is 2. The van der Waals surface area contributed by atoms with Crippen LogP contribution in [0.2, 0.25) is 0 Å². The van der Waals surface area contributed by atoms with Gasteiger partial charge in [0.05, 0.1) is 7.85 Å². The minimum Gasteiger partial charge on any atom is -0.0614 e. The highest BCUT2D eigenvalue weighted by atomic mass is 14.3. The van der Waals surface area contributed by atoms with Gasteiger partial charge in [-0.25, -0.2) is 0 Å². The second-order valence-corrected chi connectivity index (χ2v) is 4.60. The first kappa shape index (κ1) is 9.71. The van der Waals surface area contributed by atoms with Gasteiger partial charge in [-0.3, -0.25) is 0 Å². The zero-order valence-corrected chi connectivity index (χ0v) is 9.62. The van der Waals surface area contributed by atoms with Crippen LogP contribution in [0.15, 0.2) is 36.4 Å². The third-order valence-corrected chi connectivity index (χ3v) is 3.47. The molecule has 0 heterocycles. The molecule has 0 saturated carbocycles. The Morgan fingerprint density at radius 2 is 1.81 bits per heavy atom. The topological polar surface area (TPSA) is 0 Å². The Bertz CT molecular complexity index is 570. The summed E-state index contributed by atoms with van der Waals surface area (Å²) in [4.78, 5) is 0. The van der Waals surface area contributed by atoms with Crippen LogP contribution in [0.5, 0.6) is 0 Å². The number of hydrogen-bond acceptors (Lipinski definition) is 0. The van der Waals surface area contributed by atoms with Crippen LogP contribution in [0, 0.1) is 13.8 Å². The molecule has 0 amide bonds. The Kier molecular flexibility index (Phi) is 1.97. The molecule has 0 N–H and O–H groups in total. The van der Waals surface area contributed by atoms with Gasteiger partial charge >= 0.3 is 0 Å². The van der Waals surface area contributed by atoms with Crippen LogP contribution in [0.4, 0.5) is 0 Å². The summed E-state index contributed by atoms with van der Waals surface area (Å²) < 4.78 is 0. The van der Waals surface area contributed by atoms with E-state index in [0.29, 0.717) is 0 Å². The van der Waals surface area contributed by atoms with E-state index in [2.05, 4.69) is 50.2 Å². The van der Waals surface area contributed by atoms with Gasteiger partial charge in [-0.1, -0.05) is 42.0 Å². The first-order valence-corrected chi connectivity index (χ1v) is 5.64. The minimum absolute atomic E-state index is 0.0473. The van der Waals surface area contributed by atoms with Crippen molar-refractivity contribution in [2.75, 3.05) is 0 Å². The fourth-order valence-electron chi connectivity index (χ4n) is 2.67. The van der Waals surface area contributed by atoms with E-state index in [1.807, 2.05) is 0 Å². The Labute approximate surface area is 97.7 Å². The largest absolute Gasteiger partial charge is 0.0828 e. The molecule has 0 saturated heterocycles. The van der Waals surface area contributed by atoms with Gasteiger partial charge < -0.3 is 0 Å². The van der Waals surface area contributed by atoms with E-state index in [4.69, 9.17) is 7.85 Å². The van der Waals surface area contributed by atoms with E-state index >= 15 is 0 Å². The van der Waals surface area contributed by atoms with E-state index in [-0.39, 0.29) is 5.82 Å². The van der Waals surface area contributed by atoms with Crippen LogP contribution in [-0.2, 0) is 0 Å². The van der Waals surface area contributed by atoms with Crippen molar-refractivity contribution in [3.05, 3.63) is 58.7 Å². The standard InChI is InChI=1S/C15H13B/c1-9-6-7-11-12-5-3-4-10(2)14(12)15(16)13(11)8-9/h3-8,15H,1-2H3. The van der Waals surface area contributed by atoms with Crippen molar-refractivity contribution in [2.45, 2.75) is 19.7 Å². The maximum absolute atomic E-state index is 6.33. The third-order valence-electron chi connectivity index (χ3n) is 3.47. The second-order valence-electron chi connectivity index (χ2n) is 4.60. The Hall–Kier alpha value is -1.50. The van der Waals surface area contributed by atoms with E-state index in [0.717, 1.165) is 0 Å². The highest BCUT2D eigenvalue weighted by Crippen LogP contribution is 2.44. The van der Waals surface area contributed by atoms with E-state index < -0.39 is 0 Å². The van der Waals surface area contributed by atoms with Crippen LogP contribution < -0.4 is 0 Å². The van der Waals surface area contributed by atoms with Gasteiger partial charge in [-0.15, -0.1) is 0 Å². The highest BCUT2D eigenvalue weighted by Gasteiger charge is 2.25. The lowest BCUT2D eigenvalue weighted by molar-refractivity contribution is 1.16. The number of hydrogen-bond donors (Lipinski definition) is 0. The quantitative estimate of drug-likeness (QED) is 0.575. The number of fused-ring (bicyclic) bond motifs is 3. The molecule has 0 spiro atoms. The molecule has 1 atom stereocenters. The number of rotatable bonds is 0. The van der Waals surface area contributed by atoms with Crippen molar-refractivity contribution >= 4 is 7.85 Å². The summed E-state index contributed by atoms with van der Waals surface area (Å²) in [5.41, 5.74) is 7.74. The predicted octanol–water partition coefficient (Wildman–Crippen LogP) is 3.54. The first-order chi connectivity index (χ1) is 7.68. The third kappa shape index (κ3) is 1.18. The summed E-state index contributed by atoms with van der Waals surface area (Å²) in [5, 5.41) is 0. The molecule has 0 aliphatic heterocycles. The second kappa shape index (κ2) is 3.25. The molecule has 2 aromatic carbocycles. The van der Waals surface area contributed by atoms with Crippen molar-refractivity contribution in [1.29, 1.82) is 0 Å². The molecule has 1 aliphatic rings. The van der Waals surface area contributed by atoms with Gasteiger partial charge in [-0.2, -0.15) is 0 Å². The average molecular weight is 204 g/mol. The summed E-state index contributed by atoms with van der Waals surface area (Å²) in [6.45, 7) is 4.25. The molecule has 2 aromatic rings. The van der Waals surface area contributed by atoms with E-state index in [1.54, 1.807) is 0 Å². The van der Waals surface area contributed by atoms with Gasteiger partial charge in [0.25, 0.3) is 0 Å². The van der Waals surface area contributed by atoms with Crippen molar-refractivity contribution in [3.63, 3.8) is 0 Å². The average Bonchev–Trinajstić information content (AvgIpc) is 2.54. The summed E-state index contributed by atoms with van der Waals surface area (Å²) in [6, 6.07) is 13.0. The molecule has 16 heavy (non-hydrogen) atoms. The molecule has 1 aliphatic carbocycles. The highest BCUT2D eigenvalue weighted by molar-refractivity contribution is 6.17. The lowest BCUT2D eigenvalue weighted by atomic mass is 9.77. The first-order valence-electron chi connectivity index (χ1n) is 5.64. The Morgan fingerprint density at radius 3 is 2.62 bits per heavy atom. The van der Waals surface area contributed by atoms with E-state index in [9.17, 15) is 0 Å². The van der Waals surface area contributed by atoms with Crippen LogP contribution in [-0.4, -0.2) is 7.85 Å². The Morgan fingerprint density at radius 1 is 1.00 bits per heavy atom. The van der Waals surface area contributed by atoms with Crippen LogP contribution in [0.3, 0.4) is 0 Å². The predicted molar refractivity (Wildman–Crippen MR) is 68.9 cm³/mol. The van der Waals surface area contributed by atoms with Gasteiger partial charge in [0.2, 0.25) is 0 Å².